The van der Waals surface area contributed by atoms with Gasteiger partial charge < -0.3 is 15.8 Å². The van der Waals surface area contributed by atoms with Crippen LogP contribution in [0, 0.1) is 0 Å². The lowest BCUT2D eigenvalue weighted by Crippen LogP contribution is -2.13. The van der Waals surface area contributed by atoms with Gasteiger partial charge in [-0.15, -0.1) is 11.3 Å². The number of carbonyl (C=O) groups excluding carboxylic acids is 1. The number of hydrogen-bond donors (Lipinski definition) is 2. The fourth-order valence-electron chi connectivity index (χ4n) is 1.36. The first-order valence-electron chi connectivity index (χ1n) is 5.42. The summed E-state index contributed by atoms with van der Waals surface area (Å²) < 4.78 is 5.38. The molecule has 0 aliphatic heterocycles. The highest BCUT2D eigenvalue weighted by molar-refractivity contribution is 7.07. The van der Waals surface area contributed by atoms with E-state index >= 15 is 0 Å². The number of nitrogens with two attached hydrogens (primary N) is 1. The van der Waals surface area contributed by atoms with Crippen LogP contribution in [-0.4, -0.2) is 24.0 Å². The van der Waals surface area contributed by atoms with Crippen LogP contribution in [0.4, 0.5) is 5.69 Å². The summed E-state index contributed by atoms with van der Waals surface area (Å²) in [5.74, 6) is 0.448. The molecule has 0 saturated carbocycles. The Bertz CT molecular complexity index is 514. The fourth-order valence-corrected chi connectivity index (χ4v) is 1.89. The molecular formula is C12H13N3O2S. The van der Waals surface area contributed by atoms with Crippen LogP contribution in [0.15, 0.2) is 35.2 Å². The third-order valence-corrected chi connectivity index (χ3v) is 2.73. The number of thiazole rings is 1. The lowest BCUT2D eigenvalue weighted by atomic mass is 10.3. The van der Waals surface area contributed by atoms with Crippen LogP contribution < -0.4 is 15.8 Å². The molecule has 2 rings (SSSR count). The molecule has 1 aromatic heterocycles. The van der Waals surface area contributed by atoms with Crippen molar-refractivity contribution in [2.75, 3.05) is 18.5 Å². The molecular weight excluding hydrogens is 250 g/mol. The van der Waals surface area contributed by atoms with Crippen LogP contribution >= 0.6 is 11.3 Å². The highest BCUT2D eigenvalue weighted by atomic mass is 32.1. The molecule has 0 bridgehead atoms. The van der Waals surface area contributed by atoms with Gasteiger partial charge in [0.25, 0.3) is 5.91 Å². The van der Waals surface area contributed by atoms with Gasteiger partial charge in [-0.3, -0.25) is 4.79 Å². The van der Waals surface area contributed by atoms with Crippen molar-refractivity contribution in [3.8, 4) is 5.75 Å². The second-order valence-electron chi connectivity index (χ2n) is 3.49. The third-order valence-electron chi connectivity index (χ3n) is 2.14. The summed E-state index contributed by atoms with van der Waals surface area (Å²) in [6, 6.07) is 7.16. The molecule has 3 N–H and O–H groups in total. The molecule has 0 aliphatic carbocycles. The summed E-state index contributed by atoms with van der Waals surface area (Å²) >= 11 is 1.38. The van der Waals surface area contributed by atoms with E-state index in [1.807, 2.05) is 12.1 Å². The molecule has 6 heteroatoms. The Morgan fingerprint density at radius 2 is 2.39 bits per heavy atom. The van der Waals surface area contributed by atoms with E-state index in [4.69, 9.17) is 10.5 Å². The normalized spacial score (nSPS) is 10.1. The van der Waals surface area contributed by atoms with Crippen molar-refractivity contribution in [3.05, 3.63) is 40.8 Å². The van der Waals surface area contributed by atoms with Gasteiger partial charge in [0.05, 0.1) is 5.51 Å². The predicted molar refractivity (Wildman–Crippen MR) is 71.1 cm³/mol. The lowest BCUT2D eigenvalue weighted by molar-refractivity contribution is 0.102. The van der Waals surface area contributed by atoms with Crippen molar-refractivity contribution in [1.29, 1.82) is 0 Å². The maximum atomic E-state index is 11.8. The number of nitrogens with zero attached hydrogens (tertiary/aromatic N) is 1. The zero-order valence-corrected chi connectivity index (χ0v) is 10.4. The second-order valence-corrected chi connectivity index (χ2v) is 4.21. The molecule has 0 atom stereocenters. The number of anilines is 1. The number of amides is 1. The first-order valence-corrected chi connectivity index (χ1v) is 6.36. The molecule has 0 radical (unpaired) electrons. The van der Waals surface area contributed by atoms with Crippen molar-refractivity contribution >= 4 is 22.9 Å². The van der Waals surface area contributed by atoms with Crippen molar-refractivity contribution < 1.29 is 9.53 Å². The Morgan fingerprint density at radius 3 is 3.11 bits per heavy atom. The van der Waals surface area contributed by atoms with Gasteiger partial charge in [-0.2, -0.15) is 0 Å². The Hall–Kier alpha value is -1.92. The zero-order valence-electron chi connectivity index (χ0n) is 9.63. The van der Waals surface area contributed by atoms with Gasteiger partial charge in [0.15, 0.2) is 0 Å². The number of carbonyl (C=O) groups is 1. The number of nitrogens with one attached hydrogen (secondary N) is 1. The summed E-state index contributed by atoms with van der Waals surface area (Å²) in [6.07, 6.45) is 0. The smallest absolute Gasteiger partial charge is 0.275 e. The van der Waals surface area contributed by atoms with Crippen LogP contribution in [0.1, 0.15) is 10.5 Å². The Kier molecular flexibility index (Phi) is 4.27. The third kappa shape index (κ3) is 3.28. The molecule has 0 saturated heterocycles. The standard InChI is InChI=1S/C12H13N3O2S/c13-4-5-17-10-3-1-2-9(6-10)15-12(16)11-7-18-8-14-11/h1-3,6-8H,4-5,13H2,(H,15,16). The van der Waals surface area contributed by atoms with Crippen molar-refractivity contribution in [3.63, 3.8) is 0 Å². The molecule has 94 valence electrons. The number of rotatable bonds is 5. The van der Waals surface area contributed by atoms with E-state index in [2.05, 4.69) is 10.3 Å². The quantitative estimate of drug-likeness (QED) is 0.861. The molecule has 2 aromatic rings. The zero-order chi connectivity index (χ0) is 12.8. The van der Waals surface area contributed by atoms with Crippen molar-refractivity contribution in [2.45, 2.75) is 0 Å². The van der Waals surface area contributed by atoms with Gasteiger partial charge in [0, 0.05) is 23.7 Å². The van der Waals surface area contributed by atoms with Gasteiger partial charge in [0.2, 0.25) is 0 Å². The Balaban J connectivity index is 2.03. The number of hydrogen-bond acceptors (Lipinski definition) is 5. The van der Waals surface area contributed by atoms with E-state index in [0.29, 0.717) is 30.3 Å². The average Bonchev–Trinajstić information content (AvgIpc) is 2.91. The van der Waals surface area contributed by atoms with Gasteiger partial charge in [-0.1, -0.05) is 6.07 Å². The average molecular weight is 263 g/mol. The van der Waals surface area contributed by atoms with Crippen LogP contribution in [0.25, 0.3) is 0 Å². The SMILES string of the molecule is NCCOc1cccc(NC(=O)c2cscn2)c1. The predicted octanol–water partition coefficient (Wildman–Crippen LogP) is 1.73. The van der Waals surface area contributed by atoms with E-state index < -0.39 is 0 Å². The van der Waals surface area contributed by atoms with E-state index in [-0.39, 0.29) is 5.91 Å². The topological polar surface area (TPSA) is 77.2 Å². The number of aromatic nitrogens is 1. The van der Waals surface area contributed by atoms with E-state index in [0.717, 1.165) is 0 Å². The summed E-state index contributed by atoms with van der Waals surface area (Å²) in [5.41, 5.74) is 8.06. The van der Waals surface area contributed by atoms with Crippen LogP contribution in [0.2, 0.25) is 0 Å². The molecule has 1 heterocycles. The highest BCUT2D eigenvalue weighted by Gasteiger charge is 2.08. The Labute approximate surface area is 109 Å². The minimum atomic E-state index is -0.229. The molecule has 0 aliphatic rings. The largest absolute Gasteiger partial charge is 0.492 e. The van der Waals surface area contributed by atoms with Crippen molar-refractivity contribution in [1.82, 2.24) is 4.98 Å². The van der Waals surface area contributed by atoms with Gasteiger partial charge in [-0.25, -0.2) is 4.98 Å². The van der Waals surface area contributed by atoms with Gasteiger partial charge >= 0.3 is 0 Å². The first-order chi connectivity index (χ1) is 8.79. The Morgan fingerprint density at radius 1 is 1.50 bits per heavy atom. The van der Waals surface area contributed by atoms with Crippen molar-refractivity contribution in [2.24, 2.45) is 5.73 Å². The molecule has 1 aromatic carbocycles. The second kappa shape index (κ2) is 6.13. The van der Waals surface area contributed by atoms with Gasteiger partial charge in [0.1, 0.15) is 18.1 Å². The lowest BCUT2D eigenvalue weighted by Gasteiger charge is -2.07. The van der Waals surface area contributed by atoms with Crippen LogP contribution in [0.3, 0.4) is 0 Å². The number of benzene rings is 1. The number of ether oxygens (including phenoxy) is 1. The summed E-state index contributed by atoms with van der Waals surface area (Å²) in [5, 5.41) is 4.45. The molecule has 0 spiro atoms. The maximum Gasteiger partial charge on any atom is 0.275 e. The first kappa shape index (κ1) is 12.5. The van der Waals surface area contributed by atoms with Gasteiger partial charge in [-0.05, 0) is 12.1 Å². The molecule has 0 unspecified atom stereocenters. The minimum Gasteiger partial charge on any atom is -0.492 e. The van der Waals surface area contributed by atoms with Crippen LogP contribution in [0.5, 0.6) is 5.75 Å². The van der Waals surface area contributed by atoms with Crippen LogP contribution in [-0.2, 0) is 0 Å². The van der Waals surface area contributed by atoms with E-state index in [9.17, 15) is 4.79 Å². The monoisotopic (exact) mass is 263 g/mol. The van der Waals surface area contributed by atoms with E-state index in [1.165, 1.54) is 11.3 Å². The molecule has 5 nitrogen and oxygen atoms in total. The fraction of sp³-hybridized carbons (Fsp3) is 0.167. The summed E-state index contributed by atoms with van der Waals surface area (Å²) in [7, 11) is 0. The maximum absolute atomic E-state index is 11.8. The van der Waals surface area contributed by atoms with E-state index in [1.54, 1.807) is 23.0 Å². The summed E-state index contributed by atoms with van der Waals surface area (Å²) in [4.78, 5) is 15.7. The summed E-state index contributed by atoms with van der Waals surface area (Å²) in [6.45, 7) is 0.902. The molecule has 18 heavy (non-hydrogen) atoms. The highest BCUT2D eigenvalue weighted by Crippen LogP contribution is 2.18. The molecule has 1 amide bonds. The minimum absolute atomic E-state index is 0.229. The molecule has 0 fully saturated rings.